The van der Waals surface area contributed by atoms with Crippen LogP contribution in [0.1, 0.15) is 43.6 Å². The molecule has 1 aliphatic carbocycles. The molecule has 31 heavy (non-hydrogen) atoms. The molecule has 9 nitrogen and oxygen atoms in total. The second kappa shape index (κ2) is 9.89. The number of aryl methyl sites for hydroxylation is 1. The number of nitrogens with zero attached hydrogens (tertiary/aromatic N) is 4. The third kappa shape index (κ3) is 5.28. The normalized spacial score (nSPS) is 15.0. The van der Waals surface area contributed by atoms with Gasteiger partial charge in [0.1, 0.15) is 0 Å². The van der Waals surface area contributed by atoms with Gasteiger partial charge in [0.25, 0.3) is 5.56 Å². The SMILES string of the molecule is Cn1cc(-c2ccc(C(C#N)CNC(=O)N(C(=O)O)C3CCCCC3)cc2)ncc1=O. The monoisotopic (exact) mass is 423 g/mol. The number of carbonyl (C=O) groups is 2. The summed E-state index contributed by atoms with van der Waals surface area (Å²) in [6, 6.07) is 8.25. The minimum absolute atomic E-state index is 0.00324. The van der Waals surface area contributed by atoms with E-state index in [1.165, 1.54) is 10.8 Å². The quantitative estimate of drug-likeness (QED) is 0.760. The van der Waals surface area contributed by atoms with Crippen LogP contribution in [0.15, 0.2) is 41.5 Å². The summed E-state index contributed by atoms with van der Waals surface area (Å²) in [5, 5.41) is 21.6. The van der Waals surface area contributed by atoms with E-state index in [0.29, 0.717) is 24.1 Å². The lowest BCUT2D eigenvalue weighted by atomic mass is 9.94. The fraction of sp³-hybridized carbons (Fsp3) is 0.409. The molecule has 1 aromatic carbocycles. The Morgan fingerprint density at radius 3 is 2.55 bits per heavy atom. The van der Waals surface area contributed by atoms with Gasteiger partial charge in [-0.1, -0.05) is 43.5 Å². The van der Waals surface area contributed by atoms with E-state index in [2.05, 4.69) is 16.4 Å². The van der Waals surface area contributed by atoms with Crippen molar-refractivity contribution in [3.8, 4) is 17.3 Å². The van der Waals surface area contributed by atoms with Crippen molar-refractivity contribution in [1.82, 2.24) is 19.8 Å². The average Bonchev–Trinajstić information content (AvgIpc) is 2.77. The number of benzene rings is 1. The molecule has 1 atom stereocenters. The molecular formula is C22H25N5O4. The highest BCUT2D eigenvalue weighted by atomic mass is 16.4. The van der Waals surface area contributed by atoms with E-state index in [9.17, 15) is 24.8 Å². The van der Waals surface area contributed by atoms with Crippen LogP contribution in [0.3, 0.4) is 0 Å². The van der Waals surface area contributed by atoms with Crippen LogP contribution >= 0.6 is 0 Å². The first kappa shape index (κ1) is 22.0. The number of imide groups is 1. The van der Waals surface area contributed by atoms with Gasteiger partial charge >= 0.3 is 12.1 Å². The summed E-state index contributed by atoms with van der Waals surface area (Å²) in [6.07, 6.45) is 5.80. The zero-order chi connectivity index (χ0) is 22.4. The molecule has 2 N–H and O–H groups in total. The summed E-state index contributed by atoms with van der Waals surface area (Å²) in [5.74, 6) is -0.631. The molecule has 1 aliphatic rings. The van der Waals surface area contributed by atoms with E-state index in [0.717, 1.165) is 29.7 Å². The first-order valence-corrected chi connectivity index (χ1v) is 10.2. The topological polar surface area (TPSA) is 128 Å². The Bertz CT molecular complexity index is 1040. The number of nitriles is 1. The van der Waals surface area contributed by atoms with E-state index in [1.807, 2.05) is 0 Å². The second-order valence-electron chi connectivity index (χ2n) is 7.66. The van der Waals surface area contributed by atoms with Crippen LogP contribution in [0, 0.1) is 11.3 Å². The number of hydrogen-bond acceptors (Lipinski definition) is 5. The third-order valence-electron chi connectivity index (χ3n) is 5.56. The fourth-order valence-corrected chi connectivity index (χ4v) is 3.79. The van der Waals surface area contributed by atoms with Crippen molar-refractivity contribution in [2.75, 3.05) is 6.54 Å². The predicted molar refractivity (Wildman–Crippen MR) is 113 cm³/mol. The molecule has 1 aromatic heterocycles. The van der Waals surface area contributed by atoms with E-state index >= 15 is 0 Å². The Labute approximate surface area is 179 Å². The first-order valence-electron chi connectivity index (χ1n) is 10.2. The van der Waals surface area contributed by atoms with Gasteiger partial charge < -0.3 is 15.0 Å². The number of carboxylic acid groups (broad SMARTS) is 1. The number of hydrogen-bond donors (Lipinski definition) is 2. The molecule has 0 bridgehead atoms. The van der Waals surface area contributed by atoms with Crippen LogP contribution in [-0.4, -0.2) is 44.3 Å². The maximum absolute atomic E-state index is 12.5. The fourth-order valence-electron chi connectivity index (χ4n) is 3.79. The van der Waals surface area contributed by atoms with Gasteiger partial charge in [-0.05, 0) is 18.4 Å². The zero-order valence-corrected chi connectivity index (χ0v) is 17.3. The third-order valence-corrected chi connectivity index (χ3v) is 5.56. The van der Waals surface area contributed by atoms with Crippen LogP contribution in [0.4, 0.5) is 9.59 Å². The van der Waals surface area contributed by atoms with Crippen molar-refractivity contribution in [2.45, 2.75) is 44.1 Å². The van der Waals surface area contributed by atoms with Crippen LogP contribution < -0.4 is 10.9 Å². The highest BCUT2D eigenvalue weighted by molar-refractivity contribution is 5.90. The van der Waals surface area contributed by atoms with Crippen LogP contribution in [0.25, 0.3) is 11.3 Å². The van der Waals surface area contributed by atoms with Gasteiger partial charge in [-0.3, -0.25) is 4.79 Å². The Morgan fingerprint density at radius 2 is 1.97 bits per heavy atom. The molecule has 3 rings (SSSR count). The molecule has 1 fully saturated rings. The van der Waals surface area contributed by atoms with Crippen molar-refractivity contribution in [1.29, 1.82) is 5.26 Å². The molecule has 0 saturated heterocycles. The van der Waals surface area contributed by atoms with Crippen molar-refractivity contribution in [3.05, 3.63) is 52.6 Å². The smallest absolute Gasteiger partial charge is 0.415 e. The zero-order valence-electron chi connectivity index (χ0n) is 17.3. The number of amides is 3. The first-order chi connectivity index (χ1) is 14.9. The summed E-state index contributed by atoms with van der Waals surface area (Å²) in [5.41, 5.74) is 1.90. The Balaban J connectivity index is 1.67. The molecule has 3 amide bonds. The van der Waals surface area contributed by atoms with Crippen molar-refractivity contribution >= 4 is 12.1 Å². The number of nitrogens with one attached hydrogen (secondary N) is 1. The predicted octanol–water partition coefficient (Wildman–Crippen LogP) is 3.08. The molecule has 0 spiro atoms. The van der Waals surface area contributed by atoms with Crippen molar-refractivity contribution < 1.29 is 14.7 Å². The second-order valence-corrected chi connectivity index (χ2v) is 7.66. The molecule has 1 heterocycles. The van der Waals surface area contributed by atoms with Crippen molar-refractivity contribution in [3.63, 3.8) is 0 Å². The largest absolute Gasteiger partial charge is 0.465 e. The van der Waals surface area contributed by atoms with Gasteiger partial charge in [-0.2, -0.15) is 5.26 Å². The lowest BCUT2D eigenvalue weighted by molar-refractivity contribution is 0.121. The molecule has 1 saturated carbocycles. The standard InChI is InChI=1S/C22H25N5O4/c1-26-14-19(24-13-20(26)28)16-9-7-15(8-10-16)17(11-23)12-25-21(29)27(22(30)31)18-5-3-2-4-6-18/h7-10,13-14,17-18H,2-6,12H2,1H3,(H,25,29)(H,30,31). The highest BCUT2D eigenvalue weighted by Gasteiger charge is 2.31. The lowest BCUT2D eigenvalue weighted by Crippen LogP contribution is -2.50. The molecule has 0 radical (unpaired) electrons. The summed E-state index contributed by atoms with van der Waals surface area (Å²) in [7, 11) is 1.64. The summed E-state index contributed by atoms with van der Waals surface area (Å²) in [4.78, 5) is 40.6. The summed E-state index contributed by atoms with van der Waals surface area (Å²) in [6.45, 7) is 0.00324. The summed E-state index contributed by atoms with van der Waals surface area (Å²) < 4.78 is 1.43. The highest BCUT2D eigenvalue weighted by Crippen LogP contribution is 2.24. The number of aromatic nitrogens is 2. The van der Waals surface area contributed by atoms with Gasteiger partial charge in [-0.15, -0.1) is 0 Å². The van der Waals surface area contributed by atoms with E-state index in [1.54, 1.807) is 37.5 Å². The Hall–Kier alpha value is -3.67. The van der Waals surface area contributed by atoms with E-state index in [4.69, 9.17) is 0 Å². The minimum atomic E-state index is -1.27. The number of urea groups is 1. The molecule has 1 unspecified atom stereocenters. The molecule has 2 aromatic rings. The summed E-state index contributed by atoms with van der Waals surface area (Å²) >= 11 is 0. The maximum atomic E-state index is 12.5. The van der Waals surface area contributed by atoms with Crippen LogP contribution in [0.5, 0.6) is 0 Å². The molecule has 0 aliphatic heterocycles. The Kier molecular flexibility index (Phi) is 7.03. The number of carbonyl (C=O) groups excluding carboxylic acids is 1. The van der Waals surface area contributed by atoms with Gasteiger partial charge in [0.2, 0.25) is 0 Å². The number of rotatable bonds is 5. The van der Waals surface area contributed by atoms with Crippen LogP contribution in [-0.2, 0) is 7.05 Å². The van der Waals surface area contributed by atoms with Gasteiger partial charge in [0.15, 0.2) is 0 Å². The van der Waals surface area contributed by atoms with Crippen molar-refractivity contribution in [2.24, 2.45) is 7.05 Å². The minimum Gasteiger partial charge on any atom is -0.465 e. The molecule has 162 valence electrons. The van der Waals surface area contributed by atoms with Gasteiger partial charge in [0.05, 0.1) is 23.9 Å². The molecule has 9 heteroatoms. The molecular weight excluding hydrogens is 398 g/mol. The van der Waals surface area contributed by atoms with Gasteiger partial charge in [-0.25, -0.2) is 19.5 Å². The Morgan fingerprint density at radius 1 is 1.29 bits per heavy atom. The maximum Gasteiger partial charge on any atom is 0.415 e. The van der Waals surface area contributed by atoms with E-state index < -0.39 is 18.0 Å². The van der Waals surface area contributed by atoms with E-state index in [-0.39, 0.29) is 18.1 Å². The van der Waals surface area contributed by atoms with Gasteiger partial charge in [0, 0.05) is 31.4 Å². The van der Waals surface area contributed by atoms with Crippen LogP contribution in [0.2, 0.25) is 0 Å². The lowest BCUT2D eigenvalue weighted by Gasteiger charge is -2.30. The average molecular weight is 423 g/mol.